The van der Waals surface area contributed by atoms with Crippen LogP contribution in [-0.2, 0) is 6.42 Å². The largest absolute Gasteiger partial charge is 0.496 e. The number of aryl methyl sites for hydroxylation is 2. The zero-order chi connectivity index (χ0) is 18.4. The van der Waals surface area contributed by atoms with Gasteiger partial charge in [0.2, 0.25) is 0 Å². The second-order valence-corrected chi connectivity index (χ2v) is 6.09. The van der Waals surface area contributed by atoms with E-state index in [1.807, 2.05) is 32.9 Å². The van der Waals surface area contributed by atoms with Gasteiger partial charge in [0.15, 0.2) is 12.2 Å². The number of hydrogen-bond donors (Lipinski definition) is 0. The Balaban J connectivity index is 0.00000109. The van der Waals surface area contributed by atoms with E-state index >= 15 is 0 Å². The lowest BCUT2D eigenvalue weighted by atomic mass is 10.1. The second kappa shape index (κ2) is 8.60. The van der Waals surface area contributed by atoms with Gasteiger partial charge in [0, 0.05) is 23.6 Å². The highest BCUT2D eigenvalue weighted by molar-refractivity contribution is 5.88. The van der Waals surface area contributed by atoms with Crippen molar-refractivity contribution in [2.45, 2.75) is 47.5 Å². The highest BCUT2D eigenvalue weighted by atomic mass is 16.5. The normalized spacial score (nSPS) is 10.7. The number of aromatic nitrogens is 3. The van der Waals surface area contributed by atoms with Crippen LogP contribution in [0.15, 0.2) is 29.1 Å². The minimum Gasteiger partial charge on any atom is -0.496 e. The summed E-state index contributed by atoms with van der Waals surface area (Å²) in [5, 5.41) is 1.01. The third-order valence-electron chi connectivity index (χ3n) is 3.90. The van der Waals surface area contributed by atoms with E-state index in [1.165, 1.54) is 6.39 Å². The van der Waals surface area contributed by atoms with Crippen molar-refractivity contribution in [2.24, 2.45) is 5.92 Å². The second-order valence-electron chi connectivity index (χ2n) is 6.09. The van der Waals surface area contributed by atoms with Crippen LogP contribution in [0.2, 0.25) is 0 Å². The van der Waals surface area contributed by atoms with Gasteiger partial charge in [-0.25, -0.2) is 15.0 Å². The molecular formula is C20H27N3O2. The van der Waals surface area contributed by atoms with Crippen molar-refractivity contribution in [2.75, 3.05) is 7.11 Å². The summed E-state index contributed by atoms with van der Waals surface area (Å²) >= 11 is 0. The summed E-state index contributed by atoms with van der Waals surface area (Å²) in [4.78, 5) is 13.3. The fraction of sp³-hybridized carbons (Fsp3) is 0.450. The molecule has 2 heterocycles. The van der Waals surface area contributed by atoms with Gasteiger partial charge in [0.1, 0.15) is 11.6 Å². The molecule has 0 radical (unpaired) electrons. The molecule has 0 bridgehead atoms. The summed E-state index contributed by atoms with van der Waals surface area (Å²) in [5.41, 5.74) is 2.73. The Kier molecular flexibility index (Phi) is 6.51. The number of fused-ring (bicyclic) bond motifs is 1. The molecule has 3 rings (SSSR count). The van der Waals surface area contributed by atoms with E-state index < -0.39 is 0 Å². The molecule has 0 atom stereocenters. The lowest BCUT2D eigenvalue weighted by Gasteiger charge is -2.11. The number of oxazole rings is 1. The molecule has 25 heavy (non-hydrogen) atoms. The Morgan fingerprint density at radius 1 is 1.16 bits per heavy atom. The van der Waals surface area contributed by atoms with E-state index in [9.17, 15) is 0 Å². The van der Waals surface area contributed by atoms with Gasteiger partial charge in [-0.15, -0.1) is 0 Å². The molecule has 2 aromatic heterocycles. The van der Waals surface area contributed by atoms with Crippen molar-refractivity contribution in [3.8, 4) is 17.1 Å². The zero-order valence-electron chi connectivity index (χ0n) is 16.0. The highest BCUT2D eigenvalue weighted by Gasteiger charge is 2.14. The lowest BCUT2D eigenvalue weighted by molar-refractivity contribution is 0.415. The molecule has 0 saturated heterocycles. The predicted octanol–water partition coefficient (Wildman–Crippen LogP) is 5.22. The quantitative estimate of drug-likeness (QED) is 0.637. The fourth-order valence-corrected chi connectivity index (χ4v) is 2.61. The molecule has 0 aliphatic heterocycles. The summed E-state index contributed by atoms with van der Waals surface area (Å²) in [7, 11) is 1.65. The Labute approximate surface area is 149 Å². The van der Waals surface area contributed by atoms with Gasteiger partial charge in [0.05, 0.1) is 24.4 Å². The van der Waals surface area contributed by atoms with Crippen molar-refractivity contribution in [1.82, 2.24) is 15.0 Å². The topological polar surface area (TPSA) is 61.0 Å². The van der Waals surface area contributed by atoms with Crippen LogP contribution >= 0.6 is 0 Å². The van der Waals surface area contributed by atoms with E-state index in [4.69, 9.17) is 14.1 Å². The van der Waals surface area contributed by atoms with Crippen molar-refractivity contribution < 1.29 is 9.15 Å². The fourth-order valence-electron chi connectivity index (χ4n) is 2.61. The molecule has 134 valence electrons. The van der Waals surface area contributed by atoms with Gasteiger partial charge >= 0.3 is 0 Å². The molecule has 0 saturated carbocycles. The predicted molar refractivity (Wildman–Crippen MR) is 101 cm³/mol. The van der Waals surface area contributed by atoms with Gasteiger partial charge in [-0.1, -0.05) is 27.7 Å². The SMILES string of the molecule is CC.COc1cc2nc(CCC(C)C)nc(C)c2cc1-c1cnco1. The Bertz CT molecular complexity index is 811. The van der Waals surface area contributed by atoms with Gasteiger partial charge in [-0.2, -0.15) is 0 Å². The van der Waals surface area contributed by atoms with E-state index in [2.05, 4.69) is 23.8 Å². The van der Waals surface area contributed by atoms with Gasteiger partial charge in [0.25, 0.3) is 0 Å². The lowest BCUT2D eigenvalue weighted by Crippen LogP contribution is -2.01. The van der Waals surface area contributed by atoms with Crippen LogP contribution in [0.25, 0.3) is 22.2 Å². The number of rotatable bonds is 5. The molecule has 0 amide bonds. The number of methoxy groups -OCH3 is 1. The first-order valence-electron chi connectivity index (χ1n) is 8.82. The molecule has 3 aromatic rings. The third-order valence-corrected chi connectivity index (χ3v) is 3.90. The average Bonchev–Trinajstić information content (AvgIpc) is 3.15. The molecule has 0 aliphatic carbocycles. The third kappa shape index (κ3) is 4.35. The van der Waals surface area contributed by atoms with E-state index in [0.29, 0.717) is 11.7 Å². The van der Waals surface area contributed by atoms with Crippen LogP contribution in [0.5, 0.6) is 5.75 Å². The summed E-state index contributed by atoms with van der Waals surface area (Å²) in [6.07, 6.45) is 5.06. The smallest absolute Gasteiger partial charge is 0.181 e. The first-order chi connectivity index (χ1) is 12.1. The Hall–Kier alpha value is -2.43. The summed E-state index contributed by atoms with van der Waals surface area (Å²) in [6.45, 7) is 10.4. The van der Waals surface area contributed by atoms with Crippen LogP contribution in [-0.4, -0.2) is 22.1 Å². The monoisotopic (exact) mass is 341 g/mol. The summed E-state index contributed by atoms with van der Waals surface area (Å²) < 4.78 is 10.9. The van der Waals surface area contributed by atoms with Crippen LogP contribution in [0.4, 0.5) is 0 Å². The number of benzene rings is 1. The van der Waals surface area contributed by atoms with Crippen LogP contribution in [0.1, 0.15) is 45.6 Å². The summed E-state index contributed by atoms with van der Waals surface area (Å²) in [6, 6.07) is 3.96. The zero-order valence-corrected chi connectivity index (χ0v) is 16.0. The van der Waals surface area contributed by atoms with Crippen LogP contribution < -0.4 is 4.74 Å². The molecule has 0 unspecified atom stereocenters. The van der Waals surface area contributed by atoms with Crippen LogP contribution in [0.3, 0.4) is 0 Å². The molecule has 5 nitrogen and oxygen atoms in total. The number of nitrogens with zero attached hydrogens (tertiary/aromatic N) is 3. The molecule has 1 aromatic carbocycles. The van der Waals surface area contributed by atoms with Crippen molar-refractivity contribution >= 4 is 10.9 Å². The number of hydrogen-bond acceptors (Lipinski definition) is 5. The minimum atomic E-state index is 0.637. The van der Waals surface area contributed by atoms with Gasteiger partial charge in [-0.05, 0) is 25.3 Å². The molecule has 0 aliphatic rings. The van der Waals surface area contributed by atoms with E-state index in [1.54, 1.807) is 13.3 Å². The van der Waals surface area contributed by atoms with Gasteiger partial charge < -0.3 is 9.15 Å². The average molecular weight is 341 g/mol. The molecule has 0 spiro atoms. The van der Waals surface area contributed by atoms with Crippen LogP contribution in [0, 0.1) is 12.8 Å². The molecule has 0 fully saturated rings. The van der Waals surface area contributed by atoms with Crippen molar-refractivity contribution in [3.63, 3.8) is 0 Å². The number of ether oxygens (including phenoxy) is 1. The van der Waals surface area contributed by atoms with E-state index in [0.717, 1.165) is 46.6 Å². The molecule has 0 N–H and O–H groups in total. The summed E-state index contributed by atoms with van der Waals surface area (Å²) in [5.74, 6) is 2.92. The highest BCUT2D eigenvalue weighted by Crippen LogP contribution is 2.34. The van der Waals surface area contributed by atoms with Crippen molar-refractivity contribution in [3.05, 3.63) is 36.2 Å². The first kappa shape index (κ1) is 18.9. The van der Waals surface area contributed by atoms with Crippen molar-refractivity contribution in [1.29, 1.82) is 0 Å². The minimum absolute atomic E-state index is 0.637. The Morgan fingerprint density at radius 2 is 1.92 bits per heavy atom. The molecular weight excluding hydrogens is 314 g/mol. The van der Waals surface area contributed by atoms with E-state index in [-0.39, 0.29) is 0 Å². The maximum Gasteiger partial charge on any atom is 0.181 e. The standard InChI is InChI=1S/C18H21N3O2.C2H6/c1-11(2)5-6-18-20-12(3)13-7-14(17-9-19-10-23-17)16(22-4)8-15(13)21-18;1-2/h7-11H,5-6H2,1-4H3;1-2H3. The van der Waals surface area contributed by atoms with Gasteiger partial charge in [-0.3, -0.25) is 0 Å². The maximum absolute atomic E-state index is 5.51. The Morgan fingerprint density at radius 3 is 2.52 bits per heavy atom. The first-order valence-corrected chi connectivity index (χ1v) is 8.82. The maximum atomic E-state index is 5.51. The molecule has 5 heteroatoms.